The molecule has 0 aliphatic heterocycles. The molecule has 2 N–H and O–H groups in total. The molecule has 0 aliphatic carbocycles. The number of hydrogen-bond donors (Lipinski definition) is 2. The van der Waals surface area contributed by atoms with Crippen molar-refractivity contribution in [3.05, 3.63) is 11.4 Å². The van der Waals surface area contributed by atoms with Crippen LogP contribution in [0.3, 0.4) is 0 Å². The molecule has 0 fully saturated rings. The summed E-state index contributed by atoms with van der Waals surface area (Å²) in [6, 6.07) is 0. The molecule has 0 unspecified atom stereocenters. The van der Waals surface area contributed by atoms with Crippen LogP contribution in [-0.4, -0.2) is 38.5 Å². The molecule has 0 radical (unpaired) electrons. The summed E-state index contributed by atoms with van der Waals surface area (Å²) in [4.78, 5) is 22.8. The Morgan fingerprint density at radius 2 is 2.10 bits per heavy atom. The first-order chi connectivity index (χ1) is 9.45. The Bertz CT molecular complexity index is 468. The molecule has 20 heavy (non-hydrogen) atoms. The average Bonchev–Trinajstić information content (AvgIpc) is 2.72. The van der Waals surface area contributed by atoms with E-state index in [4.69, 9.17) is 5.11 Å². The number of hydrogen-bond acceptors (Lipinski definition) is 4. The summed E-state index contributed by atoms with van der Waals surface area (Å²) in [6.07, 6.45) is 2.21. The molecule has 0 spiro atoms. The summed E-state index contributed by atoms with van der Waals surface area (Å²) in [6.45, 7) is 6.73. The number of carbonyl (C=O) groups excluding carboxylic acids is 1. The standard InChI is InChI=1S/C13H22N4O3/c1-4-5-10-12(13(19)20)15-16-17(10)8-11(18)14-7-6-9(2)3/h9H,4-8H2,1-3H3,(H,14,18)(H,19,20). The molecule has 7 heteroatoms. The van der Waals surface area contributed by atoms with Gasteiger partial charge in [-0.05, 0) is 18.8 Å². The Morgan fingerprint density at radius 3 is 2.65 bits per heavy atom. The molecule has 1 aromatic heterocycles. The maximum absolute atomic E-state index is 11.8. The molecular formula is C13H22N4O3. The lowest BCUT2D eigenvalue weighted by Gasteiger charge is -2.08. The number of aromatic carboxylic acids is 1. The second-order valence-electron chi connectivity index (χ2n) is 5.13. The van der Waals surface area contributed by atoms with E-state index in [1.807, 2.05) is 6.92 Å². The maximum Gasteiger partial charge on any atom is 0.358 e. The Labute approximate surface area is 118 Å². The van der Waals surface area contributed by atoms with E-state index in [1.54, 1.807) is 0 Å². The van der Waals surface area contributed by atoms with Gasteiger partial charge >= 0.3 is 5.97 Å². The third-order valence-electron chi connectivity index (χ3n) is 2.86. The predicted octanol–water partition coefficient (Wildman–Crippen LogP) is 1.09. The molecule has 112 valence electrons. The van der Waals surface area contributed by atoms with Gasteiger partial charge in [-0.2, -0.15) is 0 Å². The molecule has 0 saturated carbocycles. The van der Waals surface area contributed by atoms with Crippen LogP contribution in [0.4, 0.5) is 0 Å². The number of amides is 1. The van der Waals surface area contributed by atoms with Crippen LogP contribution in [-0.2, 0) is 17.8 Å². The number of aromatic nitrogens is 3. The van der Waals surface area contributed by atoms with E-state index < -0.39 is 5.97 Å². The fourth-order valence-corrected chi connectivity index (χ4v) is 1.80. The molecule has 0 aliphatic rings. The Hall–Kier alpha value is -1.92. The van der Waals surface area contributed by atoms with E-state index in [2.05, 4.69) is 29.5 Å². The van der Waals surface area contributed by atoms with Crippen molar-refractivity contribution in [2.24, 2.45) is 5.92 Å². The number of carboxylic acid groups (broad SMARTS) is 1. The summed E-state index contributed by atoms with van der Waals surface area (Å²) < 4.78 is 1.37. The lowest BCUT2D eigenvalue weighted by Crippen LogP contribution is -2.30. The number of carboxylic acids is 1. The van der Waals surface area contributed by atoms with Gasteiger partial charge in [-0.1, -0.05) is 32.4 Å². The van der Waals surface area contributed by atoms with Crippen LogP contribution >= 0.6 is 0 Å². The van der Waals surface area contributed by atoms with Gasteiger partial charge in [0.15, 0.2) is 5.69 Å². The van der Waals surface area contributed by atoms with Gasteiger partial charge in [0.1, 0.15) is 6.54 Å². The van der Waals surface area contributed by atoms with E-state index in [1.165, 1.54) is 4.68 Å². The molecular weight excluding hydrogens is 260 g/mol. The van der Waals surface area contributed by atoms with Crippen LogP contribution in [0, 0.1) is 5.92 Å². The Balaban J connectivity index is 2.67. The minimum atomic E-state index is -1.11. The third-order valence-corrected chi connectivity index (χ3v) is 2.86. The minimum absolute atomic E-state index is 0.00765. The molecule has 1 aromatic rings. The van der Waals surface area contributed by atoms with Crippen molar-refractivity contribution in [3.8, 4) is 0 Å². The van der Waals surface area contributed by atoms with E-state index >= 15 is 0 Å². The van der Waals surface area contributed by atoms with E-state index in [0.717, 1.165) is 12.8 Å². The summed E-state index contributed by atoms with van der Waals surface area (Å²) in [5, 5.41) is 19.2. The quantitative estimate of drug-likeness (QED) is 0.744. The van der Waals surface area contributed by atoms with Gasteiger partial charge in [0.2, 0.25) is 5.91 Å². The maximum atomic E-state index is 11.8. The van der Waals surface area contributed by atoms with Crippen molar-refractivity contribution in [3.63, 3.8) is 0 Å². The second kappa shape index (κ2) is 7.62. The lowest BCUT2D eigenvalue weighted by atomic mass is 10.1. The molecule has 0 bridgehead atoms. The van der Waals surface area contributed by atoms with E-state index in [0.29, 0.717) is 24.6 Å². The zero-order chi connectivity index (χ0) is 15.1. The topological polar surface area (TPSA) is 97.1 Å². The first-order valence-electron chi connectivity index (χ1n) is 6.88. The van der Waals surface area contributed by atoms with Crippen LogP contribution in [0.1, 0.15) is 49.8 Å². The largest absolute Gasteiger partial charge is 0.476 e. The number of nitrogens with zero attached hydrogens (tertiary/aromatic N) is 3. The van der Waals surface area contributed by atoms with Crippen molar-refractivity contribution in [1.29, 1.82) is 0 Å². The lowest BCUT2D eigenvalue weighted by molar-refractivity contribution is -0.121. The Kier molecular flexibility index (Phi) is 6.14. The van der Waals surface area contributed by atoms with Crippen molar-refractivity contribution >= 4 is 11.9 Å². The zero-order valence-electron chi connectivity index (χ0n) is 12.2. The van der Waals surface area contributed by atoms with Gasteiger partial charge in [-0.25, -0.2) is 9.48 Å². The predicted molar refractivity (Wildman–Crippen MR) is 73.4 cm³/mol. The molecule has 0 aromatic carbocycles. The first kappa shape index (κ1) is 16.1. The van der Waals surface area contributed by atoms with Crippen LogP contribution < -0.4 is 5.32 Å². The average molecular weight is 282 g/mol. The molecule has 0 saturated heterocycles. The second-order valence-corrected chi connectivity index (χ2v) is 5.13. The first-order valence-corrected chi connectivity index (χ1v) is 6.88. The third kappa shape index (κ3) is 4.64. The fraction of sp³-hybridized carbons (Fsp3) is 0.692. The normalized spacial score (nSPS) is 10.8. The Morgan fingerprint density at radius 1 is 1.40 bits per heavy atom. The minimum Gasteiger partial charge on any atom is -0.476 e. The number of carbonyl (C=O) groups is 2. The van der Waals surface area contributed by atoms with Gasteiger partial charge in [-0.15, -0.1) is 5.10 Å². The number of rotatable bonds is 8. The van der Waals surface area contributed by atoms with Gasteiger partial charge in [0, 0.05) is 6.54 Å². The fourth-order valence-electron chi connectivity index (χ4n) is 1.80. The van der Waals surface area contributed by atoms with Crippen LogP contribution in [0.2, 0.25) is 0 Å². The van der Waals surface area contributed by atoms with Crippen molar-refractivity contribution in [1.82, 2.24) is 20.3 Å². The SMILES string of the molecule is CCCc1c(C(=O)O)nnn1CC(=O)NCCC(C)C. The van der Waals surface area contributed by atoms with E-state index in [-0.39, 0.29) is 18.1 Å². The highest BCUT2D eigenvalue weighted by Gasteiger charge is 2.19. The molecule has 7 nitrogen and oxygen atoms in total. The summed E-state index contributed by atoms with van der Waals surface area (Å²) in [5.74, 6) is -0.763. The van der Waals surface area contributed by atoms with Crippen molar-refractivity contribution in [2.75, 3.05) is 6.54 Å². The van der Waals surface area contributed by atoms with Gasteiger partial charge in [-0.3, -0.25) is 4.79 Å². The highest BCUT2D eigenvalue weighted by Crippen LogP contribution is 2.08. The molecule has 1 rings (SSSR count). The van der Waals surface area contributed by atoms with Gasteiger partial charge in [0.05, 0.1) is 5.69 Å². The highest BCUT2D eigenvalue weighted by atomic mass is 16.4. The molecule has 1 amide bonds. The smallest absolute Gasteiger partial charge is 0.358 e. The van der Waals surface area contributed by atoms with Crippen LogP contribution in [0.5, 0.6) is 0 Å². The summed E-state index contributed by atoms with van der Waals surface area (Å²) >= 11 is 0. The van der Waals surface area contributed by atoms with Crippen molar-refractivity contribution < 1.29 is 14.7 Å². The van der Waals surface area contributed by atoms with Crippen LogP contribution in [0.25, 0.3) is 0 Å². The highest BCUT2D eigenvalue weighted by molar-refractivity contribution is 5.86. The zero-order valence-corrected chi connectivity index (χ0v) is 12.2. The van der Waals surface area contributed by atoms with Crippen LogP contribution in [0.15, 0.2) is 0 Å². The van der Waals surface area contributed by atoms with Crippen molar-refractivity contribution in [2.45, 2.75) is 46.6 Å². The number of nitrogens with one attached hydrogen (secondary N) is 1. The molecule has 1 heterocycles. The molecule has 0 atom stereocenters. The summed E-state index contributed by atoms with van der Waals surface area (Å²) in [7, 11) is 0. The van der Waals surface area contributed by atoms with Gasteiger partial charge in [0.25, 0.3) is 0 Å². The van der Waals surface area contributed by atoms with Gasteiger partial charge < -0.3 is 10.4 Å². The summed E-state index contributed by atoms with van der Waals surface area (Å²) in [5.41, 5.74) is 0.431. The monoisotopic (exact) mass is 282 g/mol. The van der Waals surface area contributed by atoms with E-state index in [9.17, 15) is 9.59 Å².